The minimum atomic E-state index is 0.284. The van der Waals surface area contributed by atoms with Crippen molar-refractivity contribution >= 4 is 29.1 Å². The second-order valence-electron chi connectivity index (χ2n) is 6.57. The van der Waals surface area contributed by atoms with E-state index >= 15 is 0 Å². The molecule has 0 aromatic heterocycles. The lowest BCUT2D eigenvalue weighted by atomic mass is 10.1. The number of ether oxygens (including phenoxy) is 1. The molecule has 1 aromatic rings. The molecule has 1 saturated carbocycles. The van der Waals surface area contributed by atoms with Crippen molar-refractivity contribution in [2.45, 2.75) is 25.7 Å². The second-order valence-corrected chi connectivity index (χ2v) is 7.42. The first kappa shape index (κ1) is 17.8. The van der Waals surface area contributed by atoms with E-state index in [1.54, 1.807) is 18.2 Å². The Morgan fingerprint density at radius 3 is 2.50 bits per heavy atom. The highest BCUT2D eigenvalue weighted by atomic mass is 35.5. The summed E-state index contributed by atoms with van der Waals surface area (Å²) in [6, 6.07) is 5.25. The number of hydrogen-bond acceptors (Lipinski definition) is 3. The molecule has 1 aromatic carbocycles. The lowest BCUT2D eigenvalue weighted by Gasteiger charge is -2.35. The monoisotopic (exact) mass is 370 g/mol. The summed E-state index contributed by atoms with van der Waals surface area (Å²) in [6.45, 7) is 4.91. The summed E-state index contributed by atoms with van der Waals surface area (Å²) < 4.78 is 5.74. The molecule has 0 bridgehead atoms. The number of halogens is 2. The zero-order valence-electron chi connectivity index (χ0n) is 13.8. The normalized spacial score (nSPS) is 19.7. The molecule has 2 fully saturated rings. The van der Waals surface area contributed by atoms with Crippen LogP contribution in [0.4, 0.5) is 0 Å². The van der Waals surface area contributed by atoms with Crippen molar-refractivity contribution in [3.8, 4) is 5.75 Å². The van der Waals surface area contributed by atoms with Gasteiger partial charge in [-0.15, -0.1) is 0 Å². The minimum absolute atomic E-state index is 0.284. The number of carbonyl (C=O) groups excluding carboxylic acids is 1. The molecule has 132 valence electrons. The molecule has 0 atom stereocenters. The molecule has 1 aliphatic carbocycles. The maximum absolute atomic E-state index is 12.4. The molecule has 24 heavy (non-hydrogen) atoms. The van der Waals surface area contributed by atoms with Crippen molar-refractivity contribution in [2.24, 2.45) is 5.92 Å². The Kier molecular flexibility index (Phi) is 6.25. The van der Waals surface area contributed by atoms with Crippen LogP contribution in [0.1, 0.15) is 25.7 Å². The van der Waals surface area contributed by atoms with E-state index in [-0.39, 0.29) is 5.92 Å². The van der Waals surface area contributed by atoms with Crippen LogP contribution in [-0.2, 0) is 4.79 Å². The Morgan fingerprint density at radius 1 is 1.12 bits per heavy atom. The van der Waals surface area contributed by atoms with E-state index in [1.807, 2.05) is 4.90 Å². The topological polar surface area (TPSA) is 32.8 Å². The molecule has 2 aliphatic rings. The number of piperazine rings is 1. The summed E-state index contributed by atoms with van der Waals surface area (Å²) in [5.41, 5.74) is 0. The smallest absolute Gasteiger partial charge is 0.225 e. The fourth-order valence-electron chi connectivity index (χ4n) is 3.50. The van der Waals surface area contributed by atoms with Gasteiger partial charge in [-0.2, -0.15) is 0 Å². The molecule has 0 spiro atoms. The number of nitrogens with zero attached hydrogens (tertiary/aromatic N) is 2. The van der Waals surface area contributed by atoms with Gasteiger partial charge in [0, 0.05) is 43.7 Å². The van der Waals surface area contributed by atoms with Crippen LogP contribution in [0.25, 0.3) is 0 Å². The standard InChI is InChI=1S/C18H24Cl2N2O2/c19-15-5-6-17(16(20)13-15)24-12-11-21-7-9-22(10-8-21)18(23)14-3-1-2-4-14/h5-6,13-14H,1-4,7-12H2. The Labute approximate surface area is 153 Å². The van der Waals surface area contributed by atoms with Crippen molar-refractivity contribution in [2.75, 3.05) is 39.3 Å². The van der Waals surface area contributed by atoms with Crippen LogP contribution < -0.4 is 4.74 Å². The Bertz CT molecular complexity index is 568. The van der Waals surface area contributed by atoms with Gasteiger partial charge in [-0.3, -0.25) is 9.69 Å². The van der Waals surface area contributed by atoms with Crippen molar-refractivity contribution in [1.82, 2.24) is 9.80 Å². The molecule has 3 rings (SSSR count). The first-order valence-electron chi connectivity index (χ1n) is 8.72. The van der Waals surface area contributed by atoms with Crippen LogP contribution in [0.2, 0.25) is 10.0 Å². The summed E-state index contributed by atoms with van der Waals surface area (Å²) >= 11 is 12.0. The third kappa shape index (κ3) is 4.56. The van der Waals surface area contributed by atoms with Crippen LogP contribution in [0.3, 0.4) is 0 Å². The lowest BCUT2D eigenvalue weighted by molar-refractivity contribution is -0.137. The maximum Gasteiger partial charge on any atom is 0.225 e. The largest absolute Gasteiger partial charge is 0.491 e. The van der Waals surface area contributed by atoms with Gasteiger partial charge in [-0.25, -0.2) is 0 Å². The molecule has 0 unspecified atom stereocenters. The molecular weight excluding hydrogens is 347 g/mol. The minimum Gasteiger partial charge on any atom is -0.491 e. The van der Waals surface area contributed by atoms with E-state index in [4.69, 9.17) is 27.9 Å². The van der Waals surface area contributed by atoms with E-state index in [9.17, 15) is 4.79 Å². The van der Waals surface area contributed by atoms with E-state index < -0.39 is 0 Å². The number of hydrogen-bond donors (Lipinski definition) is 0. The van der Waals surface area contributed by atoms with Crippen LogP contribution >= 0.6 is 23.2 Å². The SMILES string of the molecule is O=C(C1CCCC1)N1CCN(CCOc2ccc(Cl)cc2Cl)CC1. The van der Waals surface area contributed by atoms with Gasteiger partial charge in [-0.05, 0) is 31.0 Å². The average molecular weight is 371 g/mol. The van der Waals surface area contributed by atoms with Gasteiger partial charge < -0.3 is 9.64 Å². The molecule has 6 heteroatoms. The molecule has 1 amide bonds. The molecule has 0 radical (unpaired) electrons. The number of benzene rings is 1. The van der Waals surface area contributed by atoms with Gasteiger partial charge >= 0.3 is 0 Å². The fraction of sp³-hybridized carbons (Fsp3) is 0.611. The molecule has 1 heterocycles. The van der Waals surface area contributed by atoms with Crippen LogP contribution in [0, 0.1) is 5.92 Å². The van der Waals surface area contributed by atoms with Crippen LogP contribution in [0.15, 0.2) is 18.2 Å². The summed E-state index contributed by atoms with van der Waals surface area (Å²) in [5.74, 6) is 1.32. The van der Waals surface area contributed by atoms with Gasteiger partial charge in [0.1, 0.15) is 12.4 Å². The Morgan fingerprint density at radius 2 is 1.83 bits per heavy atom. The van der Waals surface area contributed by atoms with Gasteiger partial charge in [0.05, 0.1) is 5.02 Å². The zero-order chi connectivity index (χ0) is 16.9. The lowest BCUT2D eigenvalue weighted by Crippen LogP contribution is -2.50. The molecule has 4 nitrogen and oxygen atoms in total. The molecule has 0 N–H and O–H groups in total. The first-order valence-corrected chi connectivity index (χ1v) is 9.48. The quantitative estimate of drug-likeness (QED) is 0.791. The highest BCUT2D eigenvalue weighted by molar-refractivity contribution is 6.35. The van der Waals surface area contributed by atoms with Crippen LogP contribution in [-0.4, -0.2) is 55.0 Å². The number of amides is 1. The van der Waals surface area contributed by atoms with Crippen molar-refractivity contribution in [1.29, 1.82) is 0 Å². The third-order valence-corrected chi connectivity index (χ3v) is 5.48. The van der Waals surface area contributed by atoms with E-state index in [0.29, 0.717) is 28.3 Å². The Hall–Kier alpha value is -0.970. The van der Waals surface area contributed by atoms with Crippen molar-refractivity contribution in [3.05, 3.63) is 28.2 Å². The van der Waals surface area contributed by atoms with Gasteiger partial charge in [0.15, 0.2) is 0 Å². The maximum atomic E-state index is 12.4. The number of rotatable bonds is 5. The zero-order valence-corrected chi connectivity index (χ0v) is 15.4. The van der Waals surface area contributed by atoms with E-state index in [0.717, 1.165) is 45.6 Å². The van der Waals surface area contributed by atoms with Gasteiger partial charge in [0.2, 0.25) is 5.91 Å². The summed E-state index contributed by atoms with van der Waals surface area (Å²) in [4.78, 5) is 16.8. The van der Waals surface area contributed by atoms with Crippen LogP contribution in [0.5, 0.6) is 5.75 Å². The molecular formula is C18H24Cl2N2O2. The molecule has 1 saturated heterocycles. The van der Waals surface area contributed by atoms with Gasteiger partial charge in [-0.1, -0.05) is 36.0 Å². The van der Waals surface area contributed by atoms with E-state index in [1.165, 1.54) is 12.8 Å². The van der Waals surface area contributed by atoms with E-state index in [2.05, 4.69) is 4.90 Å². The van der Waals surface area contributed by atoms with Crippen molar-refractivity contribution in [3.63, 3.8) is 0 Å². The first-order chi connectivity index (χ1) is 11.6. The summed E-state index contributed by atoms with van der Waals surface area (Å²) in [7, 11) is 0. The highest BCUT2D eigenvalue weighted by Crippen LogP contribution is 2.28. The number of carbonyl (C=O) groups is 1. The molecule has 1 aliphatic heterocycles. The van der Waals surface area contributed by atoms with Gasteiger partial charge in [0.25, 0.3) is 0 Å². The van der Waals surface area contributed by atoms with Crippen molar-refractivity contribution < 1.29 is 9.53 Å². The fourth-order valence-corrected chi connectivity index (χ4v) is 3.96. The average Bonchev–Trinajstić information content (AvgIpc) is 3.11. The second kappa shape index (κ2) is 8.41. The highest BCUT2D eigenvalue weighted by Gasteiger charge is 2.29. The Balaban J connectivity index is 1.38. The predicted molar refractivity (Wildman–Crippen MR) is 96.9 cm³/mol. The third-order valence-electron chi connectivity index (χ3n) is 4.95. The predicted octanol–water partition coefficient (Wildman–Crippen LogP) is 3.71. The summed E-state index contributed by atoms with van der Waals surface area (Å²) in [5, 5.41) is 1.14. The summed E-state index contributed by atoms with van der Waals surface area (Å²) in [6.07, 6.45) is 4.57.